The first-order valence-electron chi connectivity index (χ1n) is 10.8. The molecule has 1 aromatic rings. The van der Waals surface area contributed by atoms with Crippen LogP contribution in [-0.4, -0.2) is 55.7 Å². The average molecular weight is 463 g/mol. The zero-order chi connectivity index (χ0) is 24.4. The molecule has 0 spiro atoms. The Balaban J connectivity index is 2.80. The summed E-state index contributed by atoms with van der Waals surface area (Å²) in [5.41, 5.74) is 0.865. The molecule has 7 nitrogen and oxygen atoms in total. The summed E-state index contributed by atoms with van der Waals surface area (Å²) in [7, 11) is -2.06. The van der Waals surface area contributed by atoms with Gasteiger partial charge in [-0.05, 0) is 30.1 Å². The number of nitrogens with zero attached hydrogens (tertiary/aromatic N) is 1. The summed E-state index contributed by atoms with van der Waals surface area (Å²) in [5.74, 6) is 0. The first-order chi connectivity index (χ1) is 14.9. The summed E-state index contributed by atoms with van der Waals surface area (Å²) in [4.78, 5) is 25.6. The fraction of sp³-hybridized carbons (Fsp3) is 0.500. The lowest BCUT2D eigenvalue weighted by Gasteiger charge is -2.38. The van der Waals surface area contributed by atoms with Crippen molar-refractivity contribution in [1.82, 2.24) is 10.2 Å². The number of carboxylic acid groups (broad SMARTS) is 1. The second kappa shape index (κ2) is 12.5. The summed E-state index contributed by atoms with van der Waals surface area (Å²) in [6.07, 6.45) is 1.87. The maximum absolute atomic E-state index is 12.3. The van der Waals surface area contributed by atoms with Crippen LogP contribution < -0.4 is 5.32 Å². The minimum absolute atomic E-state index is 0.00220. The van der Waals surface area contributed by atoms with Crippen molar-refractivity contribution in [3.05, 3.63) is 61.2 Å². The van der Waals surface area contributed by atoms with Gasteiger partial charge in [-0.25, -0.2) is 9.59 Å². The average Bonchev–Trinajstić information content (AvgIpc) is 2.71. The normalized spacial score (nSPS) is 13.5. The smallest absolute Gasteiger partial charge is 0.407 e. The third kappa shape index (κ3) is 8.88. The minimum atomic E-state index is -2.06. The molecule has 178 valence electrons. The fourth-order valence-corrected chi connectivity index (χ4v) is 3.72. The number of carbonyl (C=O) groups is 2. The molecule has 0 radical (unpaired) electrons. The maximum Gasteiger partial charge on any atom is 0.407 e. The van der Waals surface area contributed by atoms with E-state index in [4.69, 9.17) is 9.16 Å². The SMILES string of the molecule is C=CCC(CN(C(=O)O)C(C=C)CO[Si](C)(C)C(C)(C)C)NC(=O)OCc1ccccc1. The van der Waals surface area contributed by atoms with Crippen molar-refractivity contribution in [2.24, 2.45) is 0 Å². The van der Waals surface area contributed by atoms with Crippen LogP contribution in [0.1, 0.15) is 32.8 Å². The molecule has 2 atom stereocenters. The molecule has 1 rings (SSSR count). The van der Waals surface area contributed by atoms with Crippen LogP contribution in [0.4, 0.5) is 9.59 Å². The molecule has 1 aromatic carbocycles. The van der Waals surface area contributed by atoms with Crippen LogP contribution in [0.2, 0.25) is 18.1 Å². The molecule has 32 heavy (non-hydrogen) atoms. The number of ether oxygens (including phenoxy) is 1. The number of hydrogen-bond acceptors (Lipinski definition) is 4. The summed E-state index contributed by atoms with van der Waals surface area (Å²) in [6.45, 7) is 18.5. The number of carbonyl (C=O) groups excluding carboxylic acids is 1. The summed E-state index contributed by atoms with van der Waals surface area (Å²) in [6, 6.07) is 8.29. The van der Waals surface area contributed by atoms with Gasteiger partial charge < -0.3 is 19.6 Å². The Morgan fingerprint density at radius 1 is 1.22 bits per heavy atom. The monoisotopic (exact) mass is 462 g/mol. The van der Waals surface area contributed by atoms with E-state index >= 15 is 0 Å². The summed E-state index contributed by atoms with van der Waals surface area (Å²) in [5, 5.41) is 12.6. The van der Waals surface area contributed by atoms with Gasteiger partial charge in [-0.3, -0.25) is 4.90 Å². The molecular weight excluding hydrogens is 424 g/mol. The topological polar surface area (TPSA) is 88.1 Å². The molecule has 0 bridgehead atoms. The van der Waals surface area contributed by atoms with Crippen LogP contribution in [0, 0.1) is 0 Å². The van der Waals surface area contributed by atoms with Gasteiger partial charge in [-0.1, -0.05) is 63.3 Å². The van der Waals surface area contributed by atoms with E-state index in [0.717, 1.165) is 5.56 Å². The Morgan fingerprint density at radius 3 is 2.34 bits per heavy atom. The van der Waals surface area contributed by atoms with Crippen LogP contribution in [-0.2, 0) is 15.8 Å². The first-order valence-corrected chi connectivity index (χ1v) is 13.7. The molecular formula is C24H38N2O5Si. The van der Waals surface area contributed by atoms with Crippen molar-refractivity contribution in [1.29, 1.82) is 0 Å². The second-order valence-corrected chi connectivity index (χ2v) is 14.0. The summed E-state index contributed by atoms with van der Waals surface area (Å²) < 4.78 is 11.5. The van der Waals surface area contributed by atoms with Crippen molar-refractivity contribution >= 4 is 20.5 Å². The lowest BCUT2D eigenvalue weighted by atomic mass is 10.1. The maximum atomic E-state index is 12.3. The van der Waals surface area contributed by atoms with E-state index in [1.54, 1.807) is 12.2 Å². The van der Waals surface area contributed by atoms with Crippen molar-refractivity contribution in [2.75, 3.05) is 13.2 Å². The number of rotatable bonds is 12. The largest absolute Gasteiger partial charge is 0.465 e. The van der Waals surface area contributed by atoms with Crippen LogP contribution >= 0.6 is 0 Å². The van der Waals surface area contributed by atoms with E-state index in [1.165, 1.54) is 4.90 Å². The minimum Gasteiger partial charge on any atom is -0.465 e. The van der Waals surface area contributed by atoms with Gasteiger partial charge in [0.2, 0.25) is 0 Å². The quantitative estimate of drug-likeness (QED) is 0.320. The van der Waals surface area contributed by atoms with Crippen LogP contribution in [0.15, 0.2) is 55.6 Å². The molecule has 2 amide bonds. The van der Waals surface area contributed by atoms with Crippen LogP contribution in [0.3, 0.4) is 0 Å². The van der Waals surface area contributed by atoms with E-state index in [9.17, 15) is 14.7 Å². The molecule has 0 saturated carbocycles. The Hall–Kier alpha value is -2.58. The van der Waals surface area contributed by atoms with Gasteiger partial charge in [0.15, 0.2) is 8.32 Å². The molecule has 2 N–H and O–H groups in total. The van der Waals surface area contributed by atoms with E-state index in [2.05, 4.69) is 52.3 Å². The zero-order valence-corrected chi connectivity index (χ0v) is 21.0. The molecule has 8 heteroatoms. The van der Waals surface area contributed by atoms with E-state index in [0.29, 0.717) is 6.42 Å². The third-order valence-corrected chi connectivity index (χ3v) is 10.2. The van der Waals surface area contributed by atoms with Crippen molar-refractivity contribution < 1.29 is 23.9 Å². The number of alkyl carbamates (subject to hydrolysis) is 1. The molecule has 0 heterocycles. The second-order valence-electron chi connectivity index (χ2n) is 9.24. The van der Waals surface area contributed by atoms with Crippen molar-refractivity contribution in [2.45, 2.75) is 64.0 Å². The van der Waals surface area contributed by atoms with Crippen LogP contribution in [0.25, 0.3) is 0 Å². The van der Waals surface area contributed by atoms with Gasteiger partial charge in [-0.15, -0.1) is 13.2 Å². The third-order valence-electron chi connectivity index (χ3n) is 5.74. The lowest BCUT2D eigenvalue weighted by Crippen LogP contribution is -2.51. The van der Waals surface area contributed by atoms with Gasteiger partial charge in [0.1, 0.15) is 6.61 Å². The van der Waals surface area contributed by atoms with Gasteiger partial charge in [0, 0.05) is 6.54 Å². The molecule has 0 aliphatic heterocycles. The van der Waals surface area contributed by atoms with Crippen molar-refractivity contribution in [3.8, 4) is 0 Å². The lowest BCUT2D eigenvalue weighted by molar-refractivity contribution is 0.103. The van der Waals surface area contributed by atoms with Gasteiger partial charge in [0.25, 0.3) is 0 Å². The van der Waals surface area contributed by atoms with Gasteiger partial charge in [-0.2, -0.15) is 0 Å². The predicted octanol–water partition coefficient (Wildman–Crippen LogP) is 5.41. The first kappa shape index (κ1) is 27.5. The standard InChI is InChI=1S/C24H38N2O5Si/c1-8-13-20(25-22(27)30-17-19-14-11-10-12-15-19)16-26(23(28)29)21(9-2)18-31-32(6,7)24(3,4)5/h8-12,14-15,20-21H,1-2,13,16-18H2,3-7H3,(H,25,27)(H,28,29). The van der Waals surface area contributed by atoms with E-state index < -0.39 is 32.6 Å². The van der Waals surface area contributed by atoms with Gasteiger partial charge >= 0.3 is 12.2 Å². The Morgan fingerprint density at radius 2 is 1.84 bits per heavy atom. The molecule has 0 saturated heterocycles. The highest BCUT2D eigenvalue weighted by Crippen LogP contribution is 2.36. The molecule has 0 aliphatic rings. The highest BCUT2D eigenvalue weighted by Gasteiger charge is 2.38. The van der Waals surface area contributed by atoms with Crippen LogP contribution in [0.5, 0.6) is 0 Å². The number of nitrogens with one attached hydrogen (secondary N) is 1. The number of hydrogen-bond donors (Lipinski definition) is 2. The van der Waals surface area contributed by atoms with Crippen molar-refractivity contribution in [3.63, 3.8) is 0 Å². The Bertz CT molecular complexity index is 761. The predicted molar refractivity (Wildman–Crippen MR) is 130 cm³/mol. The van der Waals surface area contributed by atoms with Gasteiger partial charge in [0.05, 0.1) is 18.7 Å². The van der Waals surface area contributed by atoms with E-state index in [1.807, 2.05) is 30.3 Å². The Kier molecular flexibility index (Phi) is 10.7. The Labute approximate surface area is 193 Å². The molecule has 2 unspecified atom stereocenters. The molecule has 0 aromatic heterocycles. The molecule has 0 aliphatic carbocycles. The number of benzene rings is 1. The zero-order valence-electron chi connectivity index (χ0n) is 20.0. The highest BCUT2D eigenvalue weighted by molar-refractivity contribution is 6.74. The molecule has 0 fully saturated rings. The van der Waals surface area contributed by atoms with E-state index in [-0.39, 0.29) is 24.8 Å². The summed E-state index contributed by atoms with van der Waals surface area (Å²) >= 11 is 0. The fourth-order valence-electron chi connectivity index (χ4n) is 2.70. The number of amides is 2. The highest BCUT2D eigenvalue weighted by atomic mass is 28.4.